The zero-order valence-corrected chi connectivity index (χ0v) is 9.90. The molecule has 0 saturated carbocycles. The van der Waals surface area contributed by atoms with Crippen LogP contribution in [0.2, 0.25) is 0 Å². The van der Waals surface area contributed by atoms with Crippen LogP contribution in [0, 0.1) is 5.82 Å². The molecular weight excluding hydrogens is 233 g/mol. The van der Waals surface area contributed by atoms with Crippen LogP contribution in [0.5, 0.6) is 0 Å². The molecule has 0 spiro atoms. The zero-order valence-electron chi connectivity index (χ0n) is 9.90. The van der Waals surface area contributed by atoms with Gasteiger partial charge in [-0.25, -0.2) is 9.45 Å². The molecule has 2 N–H and O–H groups in total. The molecule has 3 rings (SSSR count). The van der Waals surface area contributed by atoms with Gasteiger partial charge in [0.2, 0.25) is 0 Å². The maximum absolute atomic E-state index is 14.1. The second-order valence-electron chi connectivity index (χ2n) is 4.34. The van der Waals surface area contributed by atoms with E-state index in [0.717, 1.165) is 18.2 Å². The first kappa shape index (κ1) is 11.2. The molecule has 1 aliphatic rings. The number of halogens is 1. The summed E-state index contributed by atoms with van der Waals surface area (Å²) in [6.45, 7) is 1.28. The summed E-state index contributed by atoms with van der Waals surface area (Å²) < 4.78 is 14.1. The van der Waals surface area contributed by atoms with Crippen molar-refractivity contribution in [3.05, 3.63) is 30.2 Å². The average Bonchev–Trinajstić information content (AvgIpc) is 2.40. The fourth-order valence-electron chi connectivity index (χ4n) is 2.23. The molecule has 0 aliphatic carbocycles. The van der Waals surface area contributed by atoms with E-state index in [4.69, 9.17) is 10.6 Å². The van der Waals surface area contributed by atoms with Crippen molar-refractivity contribution >= 4 is 22.3 Å². The highest BCUT2D eigenvalue weighted by Gasteiger charge is 2.20. The minimum absolute atomic E-state index is 0.388. The molecule has 0 radical (unpaired) electrons. The number of nitrogens with two attached hydrogens (primary N) is 1. The molecular formula is C13H14FN3O. The first-order chi connectivity index (χ1) is 8.77. The molecule has 0 atom stereocenters. The van der Waals surface area contributed by atoms with E-state index in [0.29, 0.717) is 30.0 Å². The van der Waals surface area contributed by atoms with Gasteiger partial charge in [-0.3, -0.25) is 9.82 Å². The van der Waals surface area contributed by atoms with E-state index in [1.165, 1.54) is 6.07 Å². The summed E-state index contributed by atoms with van der Waals surface area (Å²) in [6, 6.07) is 4.96. The Labute approximate surface area is 104 Å². The summed E-state index contributed by atoms with van der Waals surface area (Å²) in [7, 11) is 0. The number of pyridine rings is 1. The number of anilines is 2. The normalized spacial score (nSPS) is 16.2. The lowest BCUT2D eigenvalue weighted by Crippen LogP contribution is -2.31. The number of nitrogens with zero attached hydrogens (tertiary/aromatic N) is 2. The van der Waals surface area contributed by atoms with Crippen molar-refractivity contribution in [3.8, 4) is 0 Å². The standard InChI is InChI=1S/C13H14FN3O/c14-10-8-11(15)9-4-3-5-16-12(9)13(10)17-6-1-2-7-18-17/h3-5,8H,1-2,6-7,15H2. The lowest BCUT2D eigenvalue weighted by molar-refractivity contribution is 0.0769. The minimum Gasteiger partial charge on any atom is -0.398 e. The maximum Gasteiger partial charge on any atom is 0.153 e. The van der Waals surface area contributed by atoms with E-state index in [-0.39, 0.29) is 5.82 Å². The Morgan fingerprint density at radius 3 is 3.06 bits per heavy atom. The van der Waals surface area contributed by atoms with Crippen molar-refractivity contribution in [2.24, 2.45) is 0 Å². The molecule has 18 heavy (non-hydrogen) atoms. The molecule has 0 unspecified atom stereocenters. The van der Waals surface area contributed by atoms with E-state index < -0.39 is 0 Å². The summed E-state index contributed by atoms with van der Waals surface area (Å²) in [5.41, 5.74) is 7.16. The molecule has 1 fully saturated rings. The highest BCUT2D eigenvalue weighted by molar-refractivity contribution is 5.98. The summed E-state index contributed by atoms with van der Waals surface area (Å²) in [6.07, 6.45) is 3.62. The maximum atomic E-state index is 14.1. The van der Waals surface area contributed by atoms with Crippen LogP contribution in [0.25, 0.3) is 10.9 Å². The lowest BCUT2D eigenvalue weighted by atomic mass is 10.1. The molecule has 1 aromatic heterocycles. The van der Waals surface area contributed by atoms with Gasteiger partial charge < -0.3 is 5.73 Å². The van der Waals surface area contributed by atoms with Crippen molar-refractivity contribution in [1.29, 1.82) is 0 Å². The van der Waals surface area contributed by atoms with Crippen LogP contribution in [0.4, 0.5) is 15.8 Å². The van der Waals surface area contributed by atoms with Gasteiger partial charge in [0.15, 0.2) is 5.82 Å². The van der Waals surface area contributed by atoms with Crippen LogP contribution in [-0.4, -0.2) is 18.1 Å². The van der Waals surface area contributed by atoms with Crippen molar-refractivity contribution in [1.82, 2.24) is 4.98 Å². The quantitative estimate of drug-likeness (QED) is 0.786. The number of nitrogen functional groups attached to an aromatic ring is 1. The van der Waals surface area contributed by atoms with Crippen molar-refractivity contribution in [2.75, 3.05) is 23.9 Å². The van der Waals surface area contributed by atoms with E-state index >= 15 is 0 Å². The summed E-state index contributed by atoms with van der Waals surface area (Å²) in [4.78, 5) is 9.74. The fraction of sp³-hybridized carbons (Fsp3) is 0.308. The van der Waals surface area contributed by atoms with Gasteiger partial charge in [0.1, 0.15) is 11.2 Å². The zero-order chi connectivity index (χ0) is 12.5. The highest BCUT2D eigenvalue weighted by Crippen LogP contribution is 2.33. The van der Waals surface area contributed by atoms with E-state index in [1.54, 1.807) is 17.3 Å². The monoisotopic (exact) mass is 247 g/mol. The van der Waals surface area contributed by atoms with Gasteiger partial charge in [0, 0.05) is 23.8 Å². The van der Waals surface area contributed by atoms with Gasteiger partial charge in [-0.2, -0.15) is 0 Å². The number of benzene rings is 1. The number of fused-ring (bicyclic) bond motifs is 1. The SMILES string of the molecule is Nc1cc(F)c(N2CCCCO2)c2ncccc12. The molecule has 1 aromatic carbocycles. The second-order valence-corrected chi connectivity index (χ2v) is 4.34. The van der Waals surface area contributed by atoms with Gasteiger partial charge in [0.25, 0.3) is 0 Å². The van der Waals surface area contributed by atoms with Gasteiger partial charge >= 0.3 is 0 Å². The van der Waals surface area contributed by atoms with Crippen LogP contribution < -0.4 is 10.8 Å². The number of aromatic nitrogens is 1. The van der Waals surface area contributed by atoms with E-state index in [1.807, 2.05) is 6.07 Å². The fourth-order valence-corrected chi connectivity index (χ4v) is 2.23. The molecule has 1 aliphatic heterocycles. The Hall–Kier alpha value is -1.88. The third kappa shape index (κ3) is 1.76. The topological polar surface area (TPSA) is 51.4 Å². The molecule has 0 bridgehead atoms. The highest BCUT2D eigenvalue weighted by atomic mass is 19.1. The lowest BCUT2D eigenvalue weighted by Gasteiger charge is -2.28. The third-order valence-electron chi connectivity index (χ3n) is 3.10. The van der Waals surface area contributed by atoms with Crippen molar-refractivity contribution in [3.63, 3.8) is 0 Å². The Balaban J connectivity index is 2.20. The first-order valence-corrected chi connectivity index (χ1v) is 6.00. The molecule has 0 amide bonds. The summed E-state index contributed by atoms with van der Waals surface area (Å²) in [5, 5.41) is 2.34. The Morgan fingerprint density at radius 1 is 1.39 bits per heavy atom. The first-order valence-electron chi connectivity index (χ1n) is 6.00. The minimum atomic E-state index is -0.388. The molecule has 2 heterocycles. The molecule has 94 valence electrons. The van der Waals surface area contributed by atoms with E-state index in [9.17, 15) is 4.39 Å². The summed E-state index contributed by atoms with van der Waals surface area (Å²) >= 11 is 0. The number of rotatable bonds is 1. The van der Waals surface area contributed by atoms with Gasteiger partial charge in [-0.1, -0.05) is 0 Å². The Morgan fingerprint density at radius 2 is 2.28 bits per heavy atom. The van der Waals surface area contributed by atoms with Crippen LogP contribution in [0.3, 0.4) is 0 Å². The summed E-state index contributed by atoms with van der Waals surface area (Å²) in [5.74, 6) is -0.388. The molecule has 2 aromatic rings. The van der Waals surface area contributed by atoms with Crippen molar-refractivity contribution < 1.29 is 9.23 Å². The molecule has 5 heteroatoms. The van der Waals surface area contributed by atoms with Crippen molar-refractivity contribution in [2.45, 2.75) is 12.8 Å². The molecule has 4 nitrogen and oxygen atoms in total. The average molecular weight is 247 g/mol. The number of hydrogen-bond acceptors (Lipinski definition) is 4. The van der Waals surface area contributed by atoms with Crippen LogP contribution in [0.1, 0.15) is 12.8 Å². The number of hydroxylamine groups is 1. The Kier molecular flexibility index (Phi) is 2.76. The van der Waals surface area contributed by atoms with Gasteiger partial charge in [0.05, 0.1) is 6.61 Å². The van der Waals surface area contributed by atoms with E-state index in [2.05, 4.69) is 4.98 Å². The Bertz CT molecular complexity index is 582. The number of hydrogen-bond donors (Lipinski definition) is 1. The smallest absolute Gasteiger partial charge is 0.153 e. The van der Waals surface area contributed by atoms with Gasteiger partial charge in [-0.05, 0) is 31.0 Å². The predicted molar refractivity (Wildman–Crippen MR) is 68.6 cm³/mol. The van der Waals surface area contributed by atoms with Crippen LogP contribution >= 0.6 is 0 Å². The third-order valence-corrected chi connectivity index (χ3v) is 3.10. The van der Waals surface area contributed by atoms with Gasteiger partial charge in [-0.15, -0.1) is 0 Å². The predicted octanol–water partition coefficient (Wildman–Crippen LogP) is 2.49. The molecule has 1 saturated heterocycles. The van der Waals surface area contributed by atoms with Crippen LogP contribution in [-0.2, 0) is 4.84 Å². The largest absolute Gasteiger partial charge is 0.398 e. The van der Waals surface area contributed by atoms with Crippen LogP contribution in [0.15, 0.2) is 24.4 Å². The second kappa shape index (κ2) is 4.42.